The van der Waals surface area contributed by atoms with Gasteiger partial charge in [-0.1, -0.05) is 12.2 Å². The highest BCUT2D eigenvalue weighted by Gasteiger charge is 2.02. The highest BCUT2D eigenvalue weighted by molar-refractivity contribution is 4.96. The van der Waals surface area contributed by atoms with Gasteiger partial charge in [0.05, 0.1) is 0 Å². The smallest absolute Gasteiger partial charge is 0.0214 e. The lowest BCUT2D eigenvalue weighted by Crippen LogP contribution is -2.20. The highest BCUT2D eigenvalue weighted by Crippen LogP contribution is 1.98. The third kappa shape index (κ3) is 1.91. The second-order valence-electron chi connectivity index (χ2n) is 2.19. The van der Waals surface area contributed by atoms with Crippen molar-refractivity contribution in [3.05, 3.63) is 12.2 Å². The predicted octanol–water partition coefficient (Wildman–Crippen LogP) is 0.882. The number of terminal acetylenes is 1. The quantitative estimate of drug-likeness (QED) is 0.387. The van der Waals surface area contributed by atoms with Crippen molar-refractivity contribution >= 4 is 0 Å². The van der Waals surface area contributed by atoms with Crippen molar-refractivity contribution in [1.82, 2.24) is 4.90 Å². The minimum atomic E-state index is 0.877. The van der Waals surface area contributed by atoms with Crippen molar-refractivity contribution in [2.24, 2.45) is 0 Å². The zero-order valence-electron chi connectivity index (χ0n) is 5.51. The Labute approximate surface area is 56.4 Å². The Morgan fingerprint density at radius 3 is 2.67 bits per heavy atom. The predicted molar refractivity (Wildman–Crippen MR) is 39.0 cm³/mol. The Balaban J connectivity index is 2.09. The van der Waals surface area contributed by atoms with Crippen molar-refractivity contribution < 1.29 is 0 Å². The molecule has 0 spiro atoms. The van der Waals surface area contributed by atoms with Gasteiger partial charge < -0.3 is 0 Å². The van der Waals surface area contributed by atoms with Crippen LogP contribution in [0.2, 0.25) is 0 Å². The summed E-state index contributed by atoms with van der Waals surface area (Å²) in [5, 5.41) is 0. The molecule has 0 aromatic carbocycles. The molecular weight excluding hydrogens is 110 g/mol. The molecule has 9 heavy (non-hydrogen) atoms. The molecule has 1 aliphatic heterocycles. The van der Waals surface area contributed by atoms with Gasteiger partial charge in [-0.2, -0.15) is 0 Å². The van der Waals surface area contributed by atoms with Crippen LogP contribution in [0.3, 0.4) is 0 Å². The van der Waals surface area contributed by atoms with Gasteiger partial charge in [0.1, 0.15) is 0 Å². The second-order valence-corrected chi connectivity index (χ2v) is 2.19. The number of rotatable bonds is 2. The van der Waals surface area contributed by atoms with Crippen molar-refractivity contribution in [2.75, 3.05) is 19.6 Å². The zero-order valence-corrected chi connectivity index (χ0v) is 5.51. The Bertz CT molecular complexity index is 133. The average Bonchev–Trinajstić information content (AvgIpc) is 2.34. The molecule has 1 aliphatic rings. The van der Waals surface area contributed by atoms with E-state index in [4.69, 9.17) is 6.42 Å². The fraction of sp³-hybridized carbons (Fsp3) is 0.500. The molecule has 0 saturated heterocycles. The van der Waals surface area contributed by atoms with Crippen LogP contribution in [-0.4, -0.2) is 24.5 Å². The fourth-order valence-electron chi connectivity index (χ4n) is 0.927. The van der Waals surface area contributed by atoms with Crippen molar-refractivity contribution in [3.8, 4) is 12.3 Å². The minimum absolute atomic E-state index is 0.877. The number of hydrogen-bond acceptors (Lipinski definition) is 1. The third-order valence-electron chi connectivity index (χ3n) is 1.47. The van der Waals surface area contributed by atoms with Gasteiger partial charge >= 0.3 is 0 Å². The molecule has 0 unspecified atom stereocenters. The van der Waals surface area contributed by atoms with Gasteiger partial charge in [0, 0.05) is 26.1 Å². The van der Waals surface area contributed by atoms with E-state index in [0.717, 1.165) is 26.1 Å². The van der Waals surface area contributed by atoms with Crippen LogP contribution in [0.25, 0.3) is 0 Å². The van der Waals surface area contributed by atoms with Crippen LogP contribution in [0.15, 0.2) is 12.2 Å². The van der Waals surface area contributed by atoms with E-state index in [9.17, 15) is 0 Å². The van der Waals surface area contributed by atoms with Gasteiger partial charge in [-0.05, 0) is 0 Å². The topological polar surface area (TPSA) is 3.24 Å². The highest BCUT2D eigenvalue weighted by atomic mass is 15.1. The molecule has 1 heteroatoms. The van der Waals surface area contributed by atoms with Crippen LogP contribution in [0.5, 0.6) is 0 Å². The van der Waals surface area contributed by atoms with Crippen molar-refractivity contribution in [1.29, 1.82) is 0 Å². The SMILES string of the molecule is C#CCCN1CC=CC1. The molecule has 48 valence electrons. The van der Waals surface area contributed by atoms with Crippen LogP contribution < -0.4 is 0 Å². The van der Waals surface area contributed by atoms with E-state index in [2.05, 4.69) is 23.0 Å². The van der Waals surface area contributed by atoms with Crippen molar-refractivity contribution in [2.45, 2.75) is 6.42 Å². The monoisotopic (exact) mass is 121 g/mol. The Hall–Kier alpha value is -0.740. The first-order chi connectivity index (χ1) is 4.43. The summed E-state index contributed by atoms with van der Waals surface area (Å²) in [5.41, 5.74) is 0. The van der Waals surface area contributed by atoms with Crippen LogP contribution in [-0.2, 0) is 0 Å². The van der Waals surface area contributed by atoms with Crippen LogP contribution in [0.4, 0.5) is 0 Å². The largest absolute Gasteiger partial charge is 0.295 e. The van der Waals surface area contributed by atoms with Gasteiger partial charge in [-0.3, -0.25) is 4.90 Å². The summed E-state index contributed by atoms with van der Waals surface area (Å²) < 4.78 is 0. The van der Waals surface area contributed by atoms with Gasteiger partial charge in [0.25, 0.3) is 0 Å². The van der Waals surface area contributed by atoms with E-state index in [-0.39, 0.29) is 0 Å². The van der Waals surface area contributed by atoms with E-state index < -0.39 is 0 Å². The van der Waals surface area contributed by atoms with E-state index in [1.165, 1.54) is 0 Å². The Kier molecular flexibility index (Phi) is 2.35. The molecule has 0 aromatic rings. The first-order valence-electron chi connectivity index (χ1n) is 3.24. The summed E-state index contributed by atoms with van der Waals surface area (Å²) in [6, 6.07) is 0. The molecule has 0 radical (unpaired) electrons. The number of hydrogen-bond donors (Lipinski definition) is 0. The molecule has 0 saturated carbocycles. The maximum atomic E-state index is 5.11. The Morgan fingerprint density at radius 2 is 2.11 bits per heavy atom. The van der Waals surface area contributed by atoms with Crippen molar-refractivity contribution in [3.63, 3.8) is 0 Å². The summed E-state index contributed by atoms with van der Waals surface area (Å²) in [4.78, 5) is 2.32. The maximum Gasteiger partial charge on any atom is 0.0214 e. The molecule has 0 amide bonds. The maximum absolute atomic E-state index is 5.11. The van der Waals surface area contributed by atoms with Gasteiger partial charge in [0.2, 0.25) is 0 Å². The summed E-state index contributed by atoms with van der Waals surface area (Å²) in [6.45, 7) is 3.22. The normalized spacial score (nSPS) is 18.1. The molecule has 0 aliphatic carbocycles. The summed E-state index contributed by atoms with van der Waals surface area (Å²) in [6.07, 6.45) is 10.3. The van der Waals surface area contributed by atoms with E-state index in [0.29, 0.717) is 0 Å². The van der Waals surface area contributed by atoms with Gasteiger partial charge in [0.15, 0.2) is 0 Å². The van der Waals surface area contributed by atoms with E-state index in [1.807, 2.05) is 0 Å². The summed E-state index contributed by atoms with van der Waals surface area (Å²) in [5.74, 6) is 2.63. The summed E-state index contributed by atoms with van der Waals surface area (Å²) in [7, 11) is 0. The molecular formula is C8H11N. The second kappa shape index (κ2) is 3.32. The van der Waals surface area contributed by atoms with E-state index in [1.54, 1.807) is 0 Å². The molecule has 1 rings (SSSR count). The fourth-order valence-corrected chi connectivity index (χ4v) is 0.927. The average molecular weight is 121 g/mol. The molecule has 0 N–H and O–H groups in total. The number of nitrogens with zero attached hydrogens (tertiary/aromatic N) is 1. The first-order valence-corrected chi connectivity index (χ1v) is 3.24. The Morgan fingerprint density at radius 1 is 1.44 bits per heavy atom. The van der Waals surface area contributed by atoms with Gasteiger partial charge in [-0.15, -0.1) is 12.3 Å². The lowest BCUT2D eigenvalue weighted by Gasteiger charge is -2.11. The standard InChI is InChI=1S/C8H11N/c1-2-3-6-9-7-4-5-8-9/h1,4-5H,3,6-8H2. The van der Waals surface area contributed by atoms with E-state index >= 15 is 0 Å². The summed E-state index contributed by atoms with van der Waals surface area (Å²) >= 11 is 0. The van der Waals surface area contributed by atoms with Crippen LogP contribution in [0, 0.1) is 12.3 Å². The first kappa shape index (κ1) is 6.38. The van der Waals surface area contributed by atoms with Crippen LogP contribution >= 0.6 is 0 Å². The lowest BCUT2D eigenvalue weighted by atomic mass is 10.4. The third-order valence-corrected chi connectivity index (χ3v) is 1.47. The minimum Gasteiger partial charge on any atom is -0.295 e. The molecule has 0 aromatic heterocycles. The molecule has 1 heterocycles. The molecule has 0 fully saturated rings. The molecule has 0 bridgehead atoms. The lowest BCUT2D eigenvalue weighted by molar-refractivity contribution is 0.362. The van der Waals surface area contributed by atoms with Crippen LogP contribution in [0.1, 0.15) is 6.42 Å². The molecule has 1 nitrogen and oxygen atoms in total. The molecule has 0 atom stereocenters. The van der Waals surface area contributed by atoms with Gasteiger partial charge in [-0.25, -0.2) is 0 Å². The zero-order chi connectivity index (χ0) is 6.53.